The Morgan fingerprint density at radius 1 is 0.430 bits per heavy atom. The fourth-order valence-corrected chi connectivity index (χ4v) is 10.7. The van der Waals surface area contributed by atoms with Gasteiger partial charge in [0.15, 0.2) is 11.8 Å². The number of carbonyl (C=O) groups is 12. The van der Waals surface area contributed by atoms with Crippen LogP contribution in [0.25, 0.3) is 0 Å². The fraction of sp³-hybridized carbons (Fsp3) is 0.778. The number of amides is 11. The minimum atomic E-state index is -1.82. The van der Waals surface area contributed by atoms with Gasteiger partial charge in [0.2, 0.25) is 59.1 Å². The second-order valence-electron chi connectivity index (χ2n) is 26.6. The molecule has 4 N–H and O–H groups in total. The molecule has 1 fully saturated rings. The van der Waals surface area contributed by atoms with Gasteiger partial charge in [0, 0.05) is 55.3 Å². The zero-order valence-electron chi connectivity index (χ0n) is 56.8. The van der Waals surface area contributed by atoms with Crippen LogP contribution in [-0.4, -0.2) is 221 Å². The third kappa shape index (κ3) is 21.5. The predicted octanol–water partition coefficient (Wildman–Crippen LogP) is 3.72. The zero-order valence-corrected chi connectivity index (χ0v) is 56.8. The van der Waals surface area contributed by atoms with Crippen LogP contribution in [-0.2, 0) is 57.5 Å². The molecule has 11 atom stereocenters. The Bertz CT molecular complexity index is 2410. The number of ketones is 1. The third-order valence-electron chi connectivity index (χ3n) is 16.1. The summed E-state index contributed by atoms with van der Waals surface area (Å²) in [6.07, 6.45) is 4.28. The summed E-state index contributed by atoms with van der Waals surface area (Å²) >= 11 is 0. The Kier molecular flexibility index (Phi) is 31.4. The van der Waals surface area contributed by atoms with E-state index < -0.39 is 161 Å². The van der Waals surface area contributed by atoms with Gasteiger partial charge in [0.05, 0.1) is 6.54 Å². The number of likely N-dealkylation sites (N-methyl/N-ethyl adjacent to an activating group) is 7. The van der Waals surface area contributed by atoms with Crippen LogP contribution < -0.4 is 21.3 Å². The Morgan fingerprint density at radius 3 is 1.26 bits per heavy atom. The SMILES string of the molecule is C/C=C/C[C@@H](C)C(=O)[C@H]1C(=O)NC(C(C)C)C(=O)N(C)CC(=O)N(C)[C@@H](CC(C)C)C(=O)NC(C(C)C)C(=O)N(C)[C@@H](CC(C)C)C(=O)N[C@@H](C)C(=O)N[C@H](C)C(=O)N(C)[C@@H](CC(C)C)C(=O)N(C)[C@@H](CC(C)C)C(=O)N(C)C(C(C)C)C(=O)N1C. The standard InChI is InChI=1S/C63H111N11O12/c1-26-27-28-41(16)53(76)52-57(80)67-49(38(10)11)61(84)68(19)33-48(75)69(20)44(29-34(2)3)56(79)66-50(39(12)13)62(85)70(21)45(30-35(4)5)55(78)64-42(17)54(77)65-43(18)58(81)71(22)46(31-36(6)7)59(82)72(23)47(32-37(8)9)60(83)73(24)51(40(14)15)63(86)74(52)25/h26-27,34-47,49-52H,28-33H2,1-25H3,(H,64,78)(H,65,77)(H,66,79)(H,67,80)/b27-26+/t41-,42+,43-,44+,45+,46+,47+,49?,50?,51?,52+/m1/s1. The molecular formula is C63H111N11O12. The molecule has 1 heterocycles. The van der Waals surface area contributed by atoms with Crippen LogP contribution in [0.5, 0.6) is 0 Å². The van der Waals surface area contributed by atoms with Crippen molar-refractivity contribution in [1.29, 1.82) is 0 Å². The van der Waals surface area contributed by atoms with E-state index in [1.807, 2.05) is 55.4 Å². The second kappa shape index (κ2) is 34.8. The molecule has 0 spiro atoms. The van der Waals surface area contributed by atoms with E-state index in [-0.39, 0.29) is 55.8 Å². The Labute approximate surface area is 514 Å². The summed E-state index contributed by atoms with van der Waals surface area (Å²) in [7, 11) is 9.80. The lowest BCUT2D eigenvalue weighted by atomic mass is 9.92. The van der Waals surface area contributed by atoms with Gasteiger partial charge in [-0.1, -0.05) is 116 Å². The van der Waals surface area contributed by atoms with Crippen LogP contribution in [0.1, 0.15) is 157 Å². The number of nitrogens with one attached hydrogen (secondary N) is 4. The van der Waals surface area contributed by atoms with Gasteiger partial charge in [-0.05, 0) is 94.3 Å². The zero-order chi connectivity index (χ0) is 66.8. The molecule has 0 bridgehead atoms. The van der Waals surface area contributed by atoms with E-state index in [2.05, 4.69) is 21.3 Å². The molecule has 0 aromatic carbocycles. The minimum Gasteiger partial charge on any atom is -0.343 e. The van der Waals surface area contributed by atoms with E-state index in [1.165, 1.54) is 87.7 Å². The van der Waals surface area contributed by atoms with Gasteiger partial charge in [0.1, 0.15) is 54.4 Å². The average molecular weight is 1210 g/mol. The first-order valence-corrected chi connectivity index (χ1v) is 30.8. The van der Waals surface area contributed by atoms with Crippen molar-refractivity contribution in [1.82, 2.24) is 55.6 Å². The van der Waals surface area contributed by atoms with Crippen molar-refractivity contribution in [3.05, 3.63) is 12.2 Å². The summed E-state index contributed by atoms with van der Waals surface area (Å²) in [6.45, 7) is 30.8. The Hall–Kier alpha value is -6.42. The minimum absolute atomic E-state index is 0.128. The first kappa shape index (κ1) is 77.6. The summed E-state index contributed by atoms with van der Waals surface area (Å²) in [5.41, 5.74) is 0. The average Bonchev–Trinajstić information content (AvgIpc) is 2.16. The molecule has 1 aliphatic heterocycles. The smallest absolute Gasteiger partial charge is 0.251 e. The summed E-state index contributed by atoms with van der Waals surface area (Å²) in [4.78, 5) is 183. The molecule has 23 heteroatoms. The van der Waals surface area contributed by atoms with Crippen molar-refractivity contribution in [3.8, 4) is 0 Å². The molecule has 0 aliphatic carbocycles. The molecule has 0 aromatic rings. The highest BCUT2D eigenvalue weighted by molar-refractivity contribution is 6.10. The molecular weight excluding hydrogens is 1100 g/mol. The maximum Gasteiger partial charge on any atom is 0.251 e. The summed E-state index contributed by atoms with van der Waals surface area (Å²) < 4.78 is 0. The predicted molar refractivity (Wildman–Crippen MR) is 332 cm³/mol. The molecule has 0 saturated carbocycles. The first-order valence-electron chi connectivity index (χ1n) is 30.8. The highest BCUT2D eigenvalue weighted by Crippen LogP contribution is 2.25. The number of rotatable bonds is 15. The normalized spacial score (nSPS) is 26.4. The van der Waals surface area contributed by atoms with Gasteiger partial charge in [-0.15, -0.1) is 0 Å². The van der Waals surface area contributed by atoms with Gasteiger partial charge < -0.3 is 55.6 Å². The Morgan fingerprint density at radius 2 is 0.814 bits per heavy atom. The molecule has 0 aromatic heterocycles. The van der Waals surface area contributed by atoms with Crippen LogP contribution in [0.4, 0.5) is 0 Å². The van der Waals surface area contributed by atoms with Crippen LogP contribution >= 0.6 is 0 Å². The van der Waals surface area contributed by atoms with Gasteiger partial charge >= 0.3 is 0 Å². The number of hydrogen-bond donors (Lipinski definition) is 4. The van der Waals surface area contributed by atoms with Gasteiger partial charge in [0.25, 0.3) is 5.91 Å². The summed E-state index contributed by atoms with van der Waals surface area (Å²) in [5.74, 6) is -11.6. The summed E-state index contributed by atoms with van der Waals surface area (Å²) in [6, 6.07) is -12.7. The molecule has 1 aliphatic rings. The molecule has 11 amide bonds. The van der Waals surface area contributed by atoms with E-state index in [0.717, 1.165) is 9.80 Å². The monoisotopic (exact) mass is 1210 g/mol. The van der Waals surface area contributed by atoms with E-state index >= 15 is 9.59 Å². The quantitative estimate of drug-likeness (QED) is 0.135. The highest BCUT2D eigenvalue weighted by atomic mass is 16.2. The molecule has 0 radical (unpaired) electrons. The van der Waals surface area contributed by atoms with Crippen LogP contribution in [0.15, 0.2) is 12.2 Å². The molecule has 490 valence electrons. The van der Waals surface area contributed by atoms with Crippen LogP contribution in [0.2, 0.25) is 0 Å². The number of allylic oxidation sites excluding steroid dienone is 2. The van der Waals surface area contributed by atoms with Crippen molar-refractivity contribution in [2.45, 2.75) is 217 Å². The van der Waals surface area contributed by atoms with E-state index in [1.54, 1.807) is 67.5 Å². The van der Waals surface area contributed by atoms with E-state index in [0.29, 0.717) is 0 Å². The molecule has 23 nitrogen and oxygen atoms in total. The van der Waals surface area contributed by atoms with E-state index in [9.17, 15) is 47.9 Å². The largest absolute Gasteiger partial charge is 0.343 e. The van der Waals surface area contributed by atoms with Crippen molar-refractivity contribution in [2.75, 3.05) is 55.9 Å². The second-order valence-corrected chi connectivity index (χ2v) is 26.6. The Balaban J connectivity index is 4.37. The van der Waals surface area contributed by atoms with Crippen molar-refractivity contribution in [2.24, 2.45) is 47.3 Å². The van der Waals surface area contributed by atoms with Crippen LogP contribution in [0.3, 0.4) is 0 Å². The highest BCUT2D eigenvalue weighted by Gasteiger charge is 2.46. The fourth-order valence-electron chi connectivity index (χ4n) is 10.7. The lowest BCUT2D eigenvalue weighted by Crippen LogP contribution is -2.63. The summed E-state index contributed by atoms with van der Waals surface area (Å²) in [5, 5.41) is 11.0. The molecule has 3 unspecified atom stereocenters. The number of hydrogen-bond acceptors (Lipinski definition) is 12. The third-order valence-corrected chi connectivity index (χ3v) is 16.1. The van der Waals surface area contributed by atoms with Gasteiger partial charge in [-0.2, -0.15) is 0 Å². The number of nitrogens with zero attached hydrogens (tertiary/aromatic N) is 7. The van der Waals surface area contributed by atoms with Crippen LogP contribution in [0, 0.1) is 47.3 Å². The van der Waals surface area contributed by atoms with Gasteiger partial charge in [-0.3, -0.25) is 57.5 Å². The molecule has 86 heavy (non-hydrogen) atoms. The molecule has 1 rings (SSSR count). The first-order chi connectivity index (χ1) is 39.6. The molecule has 1 saturated heterocycles. The van der Waals surface area contributed by atoms with E-state index in [4.69, 9.17) is 0 Å². The maximum absolute atomic E-state index is 15.2. The maximum atomic E-state index is 15.2. The lowest BCUT2D eigenvalue weighted by molar-refractivity contribution is -0.157. The topological polar surface area (TPSA) is 276 Å². The van der Waals surface area contributed by atoms with Crippen molar-refractivity contribution < 1.29 is 57.5 Å². The lowest BCUT2D eigenvalue weighted by Gasteiger charge is -2.41. The van der Waals surface area contributed by atoms with Gasteiger partial charge in [-0.25, -0.2) is 0 Å². The number of carbonyl (C=O) groups excluding carboxylic acids is 12. The van der Waals surface area contributed by atoms with Crippen molar-refractivity contribution >= 4 is 70.8 Å². The number of Topliss-reactive ketones (excluding diaryl/α,β-unsaturated/α-hetero) is 1. The van der Waals surface area contributed by atoms with Crippen molar-refractivity contribution in [3.63, 3.8) is 0 Å².